The molecular formula is C15H21N3O3. The number of nitrogens with one attached hydrogen (secondary N) is 1. The number of hydrogen-bond acceptors (Lipinski definition) is 3. The predicted octanol–water partition coefficient (Wildman–Crippen LogP) is 0.772. The third kappa shape index (κ3) is 3.32. The zero-order valence-corrected chi connectivity index (χ0v) is 12.7. The lowest BCUT2D eigenvalue weighted by atomic mass is 10.1. The summed E-state index contributed by atoms with van der Waals surface area (Å²) in [5.74, 6) is -0.0551. The normalized spacial score (nSPS) is 17.1. The lowest BCUT2D eigenvalue weighted by molar-refractivity contribution is -0.130. The number of Topliss-reactive ketones (excluding diaryl/α,β-unsaturated/α-hetero) is 1. The van der Waals surface area contributed by atoms with E-state index in [0.29, 0.717) is 31.6 Å². The van der Waals surface area contributed by atoms with Crippen molar-refractivity contribution in [3.8, 4) is 0 Å². The first-order chi connectivity index (χ1) is 9.92. The molecule has 0 aliphatic carbocycles. The average Bonchev–Trinajstić information content (AvgIpc) is 2.84. The second kappa shape index (κ2) is 6.11. The molecule has 2 rings (SSSR count). The van der Waals surface area contributed by atoms with Crippen molar-refractivity contribution in [1.29, 1.82) is 0 Å². The summed E-state index contributed by atoms with van der Waals surface area (Å²) in [5, 5.41) is 2.80. The first-order valence-corrected chi connectivity index (χ1v) is 7.14. The minimum atomic E-state index is -0.155. The molecule has 21 heavy (non-hydrogen) atoms. The van der Waals surface area contributed by atoms with Gasteiger partial charge in [0.25, 0.3) is 5.91 Å². The van der Waals surface area contributed by atoms with Crippen LogP contribution in [0.2, 0.25) is 0 Å². The van der Waals surface area contributed by atoms with Crippen molar-refractivity contribution in [1.82, 2.24) is 14.8 Å². The molecule has 0 saturated heterocycles. The largest absolute Gasteiger partial charge is 0.349 e. The molecule has 0 aromatic carbocycles. The Hall–Kier alpha value is -2.11. The van der Waals surface area contributed by atoms with Crippen molar-refractivity contribution in [3.63, 3.8) is 0 Å². The highest BCUT2D eigenvalue weighted by Gasteiger charge is 2.28. The standard InChI is InChI=1S/C15H21N3O3/c1-4-17(3)14(20)7-12-8-16-15(21)13-6-11(5-10(2)19)9-18(12)13/h6,9,12H,4-5,7-8H2,1-3H3,(H,16,21). The molecule has 0 saturated carbocycles. The van der Waals surface area contributed by atoms with Gasteiger partial charge in [0.2, 0.25) is 5.91 Å². The van der Waals surface area contributed by atoms with Gasteiger partial charge in [-0.1, -0.05) is 0 Å². The van der Waals surface area contributed by atoms with Gasteiger partial charge in [-0.15, -0.1) is 0 Å². The number of rotatable bonds is 5. The van der Waals surface area contributed by atoms with Crippen LogP contribution in [0, 0.1) is 0 Å². The smallest absolute Gasteiger partial charge is 0.267 e. The van der Waals surface area contributed by atoms with Crippen molar-refractivity contribution in [2.45, 2.75) is 32.7 Å². The van der Waals surface area contributed by atoms with Gasteiger partial charge >= 0.3 is 0 Å². The number of fused-ring (bicyclic) bond motifs is 1. The van der Waals surface area contributed by atoms with E-state index in [0.717, 1.165) is 5.56 Å². The fourth-order valence-electron chi connectivity index (χ4n) is 2.51. The zero-order valence-electron chi connectivity index (χ0n) is 12.7. The Morgan fingerprint density at radius 1 is 1.48 bits per heavy atom. The van der Waals surface area contributed by atoms with E-state index in [1.807, 2.05) is 17.7 Å². The summed E-state index contributed by atoms with van der Waals surface area (Å²) in [6.07, 6.45) is 2.47. The molecule has 0 spiro atoms. The Morgan fingerprint density at radius 2 is 2.19 bits per heavy atom. The van der Waals surface area contributed by atoms with Gasteiger partial charge in [0.05, 0.1) is 6.04 Å². The van der Waals surface area contributed by atoms with E-state index in [1.54, 1.807) is 18.0 Å². The minimum absolute atomic E-state index is 0.0476. The Balaban J connectivity index is 2.22. The number of carbonyl (C=O) groups is 3. The van der Waals surface area contributed by atoms with E-state index in [1.165, 1.54) is 6.92 Å². The van der Waals surface area contributed by atoms with Gasteiger partial charge in [0.15, 0.2) is 0 Å². The number of hydrogen-bond donors (Lipinski definition) is 1. The molecule has 2 amide bonds. The molecule has 1 aliphatic heterocycles. The molecule has 6 nitrogen and oxygen atoms in total. The highest BCUT2D eigenvalue weighted by atomic mass is 16.2. The lowest BCUT2D eigenvalue weighted by Gasteiger charge is -2.27. The summed E-state index contributed by atoms with van der Waals surface area (Å²) < 4.78 is 1.83. The van der Waals surface area contributed by atoms with Crippen LogP contribution in [-0.4, -0.2) is 47.2 Å². The number of ketones is 1. The van der Waals surface area contributed by atoms with Crippen molar-refractivity contribution in [3.05, 3.63) is 23.5 Å². The highest BCUT2D eigenvalue weighted by molar-refractivity contribution is 5.94. The summed E-state index contributed by atoms with van der Waals surface area (Å²) in [6.45, 7) is 4.54. The van der Waals surface area contributed by atoms with Crippen LogP contribution in [0.4, 0.5) is 0 Å². The van der Waals surface area contributed by atoms with E-state index in [9.17, 15) is 14.4 Å². The third-order valence-corrected chi connectivity index (χ3v) is 3.79. The first-order valence-electron chi connectivity index (χ1n) is 7.14. The van der Waals surface area contributed by atoms with Crippen LogP contribution in [0.3, 0.4) is 0 Å². The van der Waals surface area contributed by atoms with Crippen molar-refractivity contribution >= 4 is 17.6 Å². The van der Waals surface area contributed by atoms with Gasteiger partial charge in [-0.25, -0.2) is 0 Å². The van der Waals surface area contributed by atoms with E-state index in [4.69, 9.17) is 0 Å². The van der Waals surface area contributed by atoms with Gasteiger partial charge in [-0.2, -0.15) is 0 Å². The molecule has 0 fully saturated rings. The van der Waals surface area contributed by atoms with Crippen LogP contribution in [0.25, 0.3) is 0 Å². The molecule has 1 aromatic heterocycles. The lowest BCUT2D eigenvalue weighted by Crippen LogP contribution is -2.40. The fourth-order valence-corrected chi connectivity index (χ4v) is 2.51. The molecular weight excluding hydrogens is 270 g/mol. The second-order valence-corrected chi connectivity index (χ2v) is 5.50. The first kappa shape index (κ1) is 15.3. The average molecular weight is 291 g/mol. The third-order valence-electron chi connectivity index (χ3n) is 3.79. The molecule has 114 valence electrons. The molecule has 1 atom stereocenters. The molecule has 2 heterocycles. The van der Waals surface area contributed by atoms with Crippen LogP contribution in [-0.2, 0) is 16.0 Å². The van der Waals surface area contributed by atoms with Gasteiger partial charge in [-0.05, 0) is 25.5 Å². The predicted molar refractivity (Wildman–Crippen MR) is 78.1 cm³/mol. The minimum Gasteiger partial charge on any atom is -0.349 e. The van der Waals surface area contributed by atoms with Crippen LogP contribution >= 0.6 is 0 Å². The summed E-state index contributed by atoms with van der Waals surface area (Å²) in [5.41, 5.74) is 1.34. The van der Waals surface area contributed by atoms with E-state index >= 15 is 0 Å². The fraction of sp³-hybridized carbons (Fsp3) is 0.533. The monoisotopic (exact) mass is 291 g/mol. The van der Waals surface area contributed by atoms with E-state index in [2.05, 4.69) is 5.32 Å². The summed E-state index contributed by atoms with van der Waals surface area (Å²) >= 11 is 0. The summed E-state index contributed by atoms with van der Waals surface area (Å²) in [4.78, 5) is 36.8. The Kier molecular flexibility index (Phi) is 4.45. The van der Waals surface area contributed by atoms with Gasteiger partial charge in [0.1, 0.15) is 11.5 Å². The van der Waals surface area contributed by atoms with Crippen molar-refractivity contribution in [2.75, 3.05) is 20.1 Å². The molecule has 1 unspecified atom stereocenters. The Labute approximate surface area is 124 Å². The van der Waals surface area contributed by atoms with E-state index in [-0.39, 0.29) is 23.6 Å². The molecule has 0 radical (unpaired) electrons. The summed E-state index contributed by atoms with van der Waals surface area (Å²) in [7, 11) is 1.77. The quantitative estimate of drug-likeness (QED) is 0.871. The number of amides is 2. The Morgan fingerprint density at radius 3 is 2.81 bits per heavy atom. The topological polar surface area (TPSA) is 71.4 Å². The number of nitrogens with zero attached hydrogens (tertiary/aromatic N) is 2. The van der Waals surface area contributed by atoms with Crippen molar-refractivity contribution in [2.24, 2.45) is 0 Å². The van der Waals surface area contributed by atoms with E-state index < -0.39 is 0 Å². The molecule has 1 N–H and O–H groups in total. The van der Waals surface area contributed by atoms with Crippen LogP contribution in [0.5, 0.6) is 0 Å². The van der Waals surface area contributed by atoms with Crippen LogP contribution in [0.15, 0.2) is 12.3 Å². The van der Waals surface area contributed by atoms with Gasteiger partial charge < -0.3 is 14.8 Å². The maximum absolute atomic E-state index is 12.1. The maximum Gasteiger partial charge on any atom is 0.267 e. The van der Waals surface area contributed by atoms with Gasteiger partial charge in [0, 0.05) is 39.2 Å². The van der Waals surface area contributed by atoms with Crippen molar-refractivity contribution < 1.29 is 14.4 Å². The molecule has 0 bridgehead atoms. The zero-order chi connectivity index (χ0) is 15.6. The molecule has 6 heteroatoms. The second-order valence-electron chi connectivity index (χ2n) is 5.50. The Bertz CT molecular complexity index is 577. The number of aromatic nitrogens is 1. The van der Waals surface area contributed by atoms with Gasteiger partial charge in [-0.3, -0.25) is 14.4 Å². The molecule has 1 aliphatic rings. The van der Waals surface area contributed by atoms with Crippen LogP contribution < -0.4 is 5.32 Å². The maximum atomic E-state index is 12.1. The molecule has 1 aromatic rings. The SMILES string of the molecule is CCN(C)C(=O)CC1CNC(=O)c2cc(CC(C)=O)cn21. The van der Waals surface area contributed by atoms with Crippen LogP contribution in [0.1, 0.15) is 42.4 Å². The highest BCUT2D eigenvalue weighted by Crippen LogP contribution is 2.22. The summed E-state index contributed by atoms with van der Waals surface area (Å²) in [6, 6.07) is 1.64. The number of carbonyl (C=O) groups excluding carboxylic acids is 3.